The van der Waals surface area contributed by atoms with Crippen LogP contribution in [0.4, 0.5) is 28.9 Å². The van der Waals surface area contributed by atoms with Crippen molar-refractivity contribution >= 4 is 11.4 Å². The minimum Gasteiger partial charge on any atom is -0.396 e. The Labute approximate surface area is 167 Å². The molecule has 2 N–H and O–H groups in total. The summed E-state index contributed by atoms with van der Waals surface area (Å²) in [5.41, 5.74) is 13.5. The van der Waals surface area contributed by atoms with E-state index in [0.29, 0.717) is 32.0 Å². The number of hydrogen-bond acceptors (Lipinski definition) is 6. The fourth-order valence-electron chi connectivity index (χ4n) is 2.75. The van der Waals surface area contributed by atoms with Gasteiger partial charge in [0.15, 0.2) is 35.8 Å². The lowest BCUT2D eigenvalue weighted by Gasteiger charge is -2.12. The Morgan fingerprint density at radius 3 is 1.80 bits per heavy atom. The number of ether oxygens (including phenoxy) is 4. The summed E-state index contributed by atoms with van der Waals surface area (Å²) < 4.78 is 72.5. The van der Waals surface area contributed by atoms with E-state index >= 15 is 0 Å². The third-order valence-electron chi connectivity index (χ3n) is 4.16. The predicted octanol–water partition coefficient (Wildman–Crippen LogP) is 4.54. The molecule has 30 heavy (non-hydrogen) atoms. The number of nitrogens with zero attached hydrogens (tertiary/aromatic N) is 3. The summed E-state index contributed by atoms with van der Waals surface area (Å²) in [6, 6.07) is 4.58. The van der Waals surface area contributed by atoms with Crippen molar-refractivity contribution in [3.8, 4) is 0 Å². The first-order valence-electron chi connectivity index (χ1n) is 8.66. The van der Waals surface area contributed by atoms with Crippen molar-refractivity contribution in [1.82, 2.24) is 0 Å². The Kier molecular flexibility index (Phi) is 7.08. The van der Waals surface area contributed by atoms with Gasteiger partial charge in [-0.2, -0.15) is 0 Å². The second-order valence-corrected chi connectivity index (χ2v) is 6.00. The lowest BCUT2D eigenvalue weighted by atomic mass is 10.1. The maximum absolute atomic E-state index is 13.4. The second-order valence-electron chi connectivity index (χ2n) is 6.00. The van der Waals surface area contributed by atoms with Crippen LogP contribution in [0.3, 0.4) is 0 Å². The molecule has 0 aromatic heterocycles. The van der Waals surface area contributed by atoms with Gasteiger partial charge < -0.3 is 24.7 Å². The van der Waals surface area contributed by atoms with Crippen LogP contribution in [0.5, 0.6) is 0 Å². The molecule has 160 valence electrons. The number of nitrogen functional groups attached to an aromatic ring is 1. The van der Waals surface area contributed by atoms with Crippen LogP contribution in [-0.2, 0) is 18.9 Å². The molecule has 0 aliphatic carbocycles. The first-order chi connectivity index (χ1) is 14.4. The van der Waals surface area contributed by atoms with Gasteiger partial charge in [0, 0.05) is 16.0 Å². The average molecular weight is 428 g/mol. The van der Waals surface area contributed by atoms with Crippen molar-refractivity contribution in [3.05, 3.63) is 69.1 Å². The van der Waals surface area contributed by atoms with Crippen LogP contribution in [0.15, 0.2) is 29.4 Å². The Hall–Kier alpha value is -2.89. The van der Waals surface area contributed by atoms with E-state index in [1.807, 2.05) is 0 Å². The Bertz CT molecular complexity index is 960. The summed E-state index contributed by atoms with van der Waals surface area (Å²) >= 11 is 0. The molecular weight excluding hydrogens is 412 g/mol. The van der Waals surface area contributed by atoms with E-state index in [4.69, 9.17) is 30.2 Å². The number of anilines is 1. The molecule has 0 radical (unpaired) electrons. The number of hydrogen-bond donors (Lipinski definition) is 1. The molecule has 12 heteroatoms. The monoisotopic (exact) mass is 428 g/mol. The molecule has 2 aliphatic heterocycles. The third kappa shape index (κ3) is 4.64. The molecule has 2 heterocycles. The van der Waals surface area contributed by atoms with E-state index in [2.05, 4.69) is 10.0 Å². The van der Waals surface area contributed by atoms with Crippen LogP contribution < -0.4 is 5.73 Å². The summed E-state index contributed by atoms with van der Waals surface area (Å²) in [7, 11) is 0. The van der Waals surface area contributed by atoms with E-state index in [1.165, 1.54) is 12.1 Å². The molecule has 2 fully saturated rings. The molecule has 0 bridgehead atoms. The van der Waals surface area contributed by atoms with Crippen molar-refractivity contribution in [3.63, 3.8) is 0 Å². The Balaban J connectivity index is 0.000000172. The van der Waals surface area contributed by atoms with Crippen LogP contribution in [0.2, 0.25) is 0 Å². The van der Waals surface area contributed by atoms with E-state index in [-0.39, 0.29) is 11.3 Å². The highest BCUT2D eigenvalue weighted by molar-refractivity contribution is 5.49. The third-order valence-corrected chi connectivity index (χ3v) is 4.16. The van der Waals surface area contributed by atoms with E-state index < -0.39 is 41.5 Å². The highest BCUT2D eigenvalue weighted by atomic mass is 19.2. The zero-order chi connectivity index (χ0) is 21.7. The normalized spacial score (nSPS) is 16.8. The van der Waals surface area contributed by atoms with Crippen molar-refractivity contribution in [2.45, 2.75) is 12.6 Å². The van der Waals surface area contributed by atoms with Gasteiger partial charge in [-0.1, -0.05) is 11.2 Å². The molecule has 0 atom stereocenters. The summed E-state index contributed by atoms with van der Waals surface area (Å²) in [4.78, 5) is 2.45. The standard InChI is InChI=1S/C9H7F2N3O2.C9H9F2NO2/c10-6-2-1-5(9-15-3-4-16-9)8(7(6)11)13-14-12;10-6-2-1-5(8(12)7(6)11)9-13-3-4-14-9/h1-2,9H,3-4H2;1-2,9H,3-4,12H2. The molecule has 0 unspecified atom stereocenters. The largest absolute Gasteiger partial charge is 0.396 e. The first kappa shape index (κ1) is 21.8. The molecule has 2 saturated heterocycles. The molecule has 2 aromatic rings. The number of benzene rings is 2. The van der Waals surface area contributed by atoms with Gasteiger partial charge in [-0.15, -0.1) is 0 Å². The lowest BCUT2D eigenvalue weighted by molar-refractivity contribution is -0.0440. The van der Waals surface area contributed by atoms with Gasteiger partial charge in [0.1, 0.15) is 0 Å². The van der Waals surface area contributed by atoms with Crippen molar-refractivity contribution < 1.29 is 36.5 Å². The van der Waals surface area contributed by atoms with Gasteiger partial charge in [0.25, 0.3) is 0 Å². The molecule has 8 nitrogen and oxygen atoms in total. The number of nitrogens with two attached hydrogens (primary N) is 1. The quantitative estimate of drug-likeness (QED) is 0.254. The summed E-state index contributed by atoms with van der Waals surface area (Å²) in [5, 5.41) is 3.12. The summed E-state index contributed by atoms with van der Waals surface area (Å²) in [5.74, 6) is -4.30. The summed E-state index contributed by atoms with van der Waals surface area (Å²) in [6.45, 7) is 1.59. The fourth-order valence-corrected chi connectivity index (χ4v) is 2.75. The fraction of sp³-hybridized carbons (Fsp3) is 0.333. The molecule has 4 rings (SSSR count). The molecule has 0 amide bonds. The maximum atomic E-state index is 13.4. The highest BCUT2D eigenvalue weighted by Crippen LogP contribution is 2.34. The van der Waals surface area contributed by atoms with Gasteiger partial charge in [-0.3, -0.25) is 0 Å². The second kappa shape index (κ2) is 9.74. The van der Waals surface area contributed by atoms with Gasteiger partial charge >= 0.3 is 0 Å². The first-order valence-corrected chi connectivity index (χ1v) is 8.66. The van der Waals surface area contributed by atoms with Crippen LogP contribution >= 0.6 is 0 Å². The summed E-state index contributed by atoms with van der Waals surface area (Å²) in [6.07, 6.45) is -1.49. The van der Waals surface area contributed by atoms with Crippen LogP contribution in [-0.4, -0.2) is 26.4 Å². The smallest absolute Gasteiger partial charge is 0.186 e. The minimum absolute atomic E-state index is 0.189. The number of azide groups is 1. The average Bonchev–Trinajstić information content (AvgIpc) is 3.45. The maximum Gasteiger partial charge on any atom is 0.186 e. The van der Waals surface area contributed by atoms with Gasteiger partial charge in [-0.25, -0.2) is 17.6 Å². The number of halogens is 4. The van der Waals surface area contributed by atoms with Crippen LogP contribution in [0.25, 0.3) is 10.4 Å². The SMILES string of the molecule is Nc1c(C2OCCO2)ccc(F)c1F.[N-]=[N+]=Nc1c(C2OCCO2)ccc(F)c1F. The van der Waals surface area contributed by atoms with Crippen molar-refractivity contribution in [1.29, 1.82) is 0 Å². The van der Waals surface area contributed by atoms with E-state index in [0.717, 1.165) is 12.1 Å². The number of rotatable bonds is 3. The zero-order valence-corrected chi connectivity index (χ0v) is 15.4. The van der Waals surface area contributed by atoms with E-state index in [9.17, 15) is 17.6 Å². The van der Waals surface area contributed by atoms with Gasteiger partial charge in [0.05, 0.1) is 37.8 Å². The lowest BCUT2D eigenvalue weighted by Crippen LogP contribution is -2.06. The molecule has 2 aliphatic rings. The minimum atomic E-state index is -1.20. The Morgan fingerprint density at radius 1 is 0.800 bits per heavy atom. The molecule has 2 aromatic carbocycles. The molecule has 0 saturated carbocycles. The zero-order valence-electron chi connectivity index (χ0n) is 15.4. The van der Waals surface area contributed by atoms with E-state index in [1.54, 1.807) is 0 Å². The highest BCUT2D eigenvalue weighted by Gasteiger charge is 2.25. The topological polar surface area (TPSA) is 112 Å². The van der Waals surface area contributed by atoms with Gasteiger partial charge in [-0.05, 0) is 23.7 Å². The van der Waals surface area contributed by atoms with Gasteiger partial charge in [0.2, 0.25) is 0 Å². The van der Waals surface area contributed by atoms with Crippen LogP contribution in [0.1, 0.15) is 23.7 Å². The molecular formula is C18H16F4N4O4. The van der Waals surface area contributed by atoms with Crippen molar-refractivity contribution in [2.24, 2.45) is 5.11 Å². The Morgan fingerprint density at radius 2 is 1.27 bits per heavy atom. The van der Waals surface area contributed by atoms with Crippen molar-refractivity contribution in [2.75, 3.05) is 32.2 Å². The molecule has 0 spiro atoms. The predicted molar refractivity (Wildman–Crippen MR) is 95.2 cm³/mol. The van der Waals surface area contributed by atoms with Crippen LogP contribution in [0, 0.1) is 23.3 Å².